The van der Waals surface area contributed by atoms with E-state index in [0.29, 0.717) is 0 Å². The van der Waals surface area contributed by atoms with Crippen LogP contribution in [0.15, 0.2) is 182 Å². The van der Waals surface area contributed by atoms with Gasteiger partial charge in [-0.2, -0.15) is 0 Å². The number of rotatable bonds is 6. The molecule has 0 heterocycles. The summed E-state index contributed by atoms with van der Waals surface area (Å²) in [6.45, 7) is 4.50. The average molecular weight is 781 g/mol. The summed E-state index contributed by atoms with van der Waals surface area (Å²) in [6.07, 6.45) is 0. The summed E-state index contributed by atoms with van der Waals surface area (Å²) in [5.41, 5.74) is 0. The number of halogens is 1. The molecule has 0 aliphatic heterocycles. The van der Waals surface area contributed by atoms with Gasteiger partial charge in [0.2, 0.25) is 0 Å². The minimum atomic E-state index is -0.446. The fraction of sp³-hybridized carbons (Fsp3) is 0. The Bertz CT molecular complexity index is 1200. The molecule has 6 aromatic carbocycles. The van der Waals surface area contributed by atoms with Crippen molar-refractivity contribution in [3.05, 3.63) is 182 Å². The zero-order chi connectivity index (χ0) is 27.8. The third-order valence-electron chi connectivity index (χ3n) is 6.09. The van der Waals surface area contributed by atoms with Crippen LogP contribution in [-0.2, 0) is 24.9 Å². The van der Waals surface area contributed by atoms with Crippen molar-refractivity contribution in [1.82, 2.24) is 0 Å². The maximum atomic E-state index is 7.50. The predicted octanol–water partition coefficient (Wildman–Crippen LogP) is 6.91. The van der Waals surface area contributed by atoms with Gasteiger partial charge in [-0.3, -0.25) is 0 Å². The molecule has 2 radical (unpaired) electrons. The maximum Gasteiger partial charge on any atom is 0 e. The zero-order valence-electron chi connectivity index (χ0n) is 22.9. The Balaban J connectivity index is 0.000000265. The molecule has 6 aromatic rings. The first kappa shape index (κ1) is 35.0. The fourth-order valence-electron chi connectivity index (χ4n) is 4.36. The molecule has 0 aromatic heterocycles. The average Bonchev–Trinajstić information content (AvgIpc) is 3.06. The van der Waals surface area contributed by atoms with Crippen molar-refractivity contribution in [2.45, 2.75) is 0 Å². The van der Waals surface area contributed by atoms with Gasteiger partial charge in [0, 0.05) is 20.1 Å². The van der Waals surface area contributed by atoms with E-state index in [1.807, 2.05) is 0 Å². The van der Waals surface area contributed by atoms with Crippen LogP contribution in [0, 0.1) is 0 Å². The van der Waals surface area contributed by atoms with E-state index < -0.39 is 15.8 Å². The van der Waals surface area contributed by atoms with E-state index >= 15 is 0 Å². The zero-order valence-corrected chi connectivity index (χ0v) is 27.9. The molecule has 42 heavy (non-hydrogen) atoms. The summed E-state index contributed by atoms with van der Waals surface area (Å²) >= 11 is 0. The summed E-state index contributed by atoms with van der Waals surface area (Å²) in [6, 6.07) is 64.7. The molecule has 0 aliphatic carbocycles. The van der Waals surface area contributed by atoms with Gasteiger partial charge in [0.25, 0.3) is 0 Å². The fourth-order valence-corrected chi connectivity index (χ4v) is 8.97. The van der Waals surface area contributed by atoms with Crippen LogP contribution in [0.1, 0.15) is 0 Å². The summed E-state index contributed by atoms with van der Waals surface area (Å²) in [5.74, 6) is 0. The Hall–Kier alpha value is -3.21. The van der Waals surface area contributed by atoms with Crippen LogP contribution < -0.4 is 31.8 Å². The first-order valence-electron chi connectivity index (χ1n) is 13.0. The third-order valence-corrected chi connectivity index (χ3v) is 11.0. The van der Waals surface area contributed by atoms with Crippen molar-refractivity contribution in [2.75, 3.05) is 0 Å². The normalized spacial score (nSPS) is 9.67. The van der Waals surface area contributed by atoms with E-state index in [1.165, 1.54) is 31.8 Å². The van der Waals surface area contributed by atoms with Crippen molar-refractivity contribution in [2.24, 2.45) is 0 Å². The maximum absolute atomic E-state index is 7.50. The summed E-state index contributed by atoms with van der Waals surface area (Å²) in [4.78, 5) is 7.50. The van der Waals surface area contributed by atoms with E-state index in [2.05, 4.69) is 189 Å². The van der Waals surface area contributed by atoms with Crippen molar-refractivity contribution < 1.29 is 24.9 Å². The Morgan fingerprint density at radius 3 is 0.524 bits per heavy atom. The van der Waals surface area contributed by atoms with Crippen LogP contribution in [0.25, 0.3) is 0 Å². The minimum Gasteiger partial charge on any atom is -0.573 e. The summed E-state index contributed by atoms with van der Waals surface area (Å²) < 4.78 is 0. The Morgan fingerprint density at radius 1 is 0.286 bits per heavy atom. The quantitative estimate of drug-likeness (QED) is 0.133. The molecule has 1 nitrogen and oxygen atoms in total. The van der Waals surface area contributed by atoms with Crippen LogP contribution >= 0.6 is 28.3 Å². The van der Waals surface area contributed by atoms with Crippen molar-refractivity contribution >= 4 is 66.9 Å². The standard InChI is InChI=1S/2C18H15P.CO.ClH.Ir/c2*1-4-10-16(11-5-1)19(17-12-6-2-7-13-17)18-14-8-3-9-15-18;1-2;;/h2*1-15H;;1H;/q;;-1;;. The summed E-state index contributed by atoms with van der Waals surface area (Å²) in [5, 5.41) is 8.39. The van der Waals surface area contributed by atoms with E-state index in [0.717, 1.165) is 0 Å². The van der Waals surface area contributed by atoms with Gasteiger partial charge in [-0.15, -0.1) is 12.4 Å². The second-order valence-corrected chi connectivity index (χ2v) is 13.1. The molecule has 0 aliphatic rings. The van der Waals surface area contributed by atoms with Crippen LogP contribution in [0.5, 0.6) is 0 Å². The second kappa shape index (κ2) is 19.8. The van der Waals surface area contributed by atoms with Crippen LogP contribution in [0.3, 0.4) is 0 Å². The smallest absolute Gasteiger partial charge is 0 e. The van der Waals surface area contributed by atoms with Crippen molar-refractivity contribution in [3.8, 4) is 0 Å². The van der Waals surface area contributed by atoms with E-state index in [1.54, 1.807) is 0 Å². The van der Waals surface area contributed by atoms with Gasteiger partial charge in [-0.05, 0) is 47.7 Å². The second-order valence-electron chi connectivity index (χ2n) is 8.68. The number of hydrogen-bond acceptors (Lipinski definition) is 1. The topological polar surface area (TPSA) is 17.1 Å². The number of hydrogen-bond donors (Lipinski definition) is 0. The SMILES string of the molecule is Cl.[C-]=O.[Ir].c1ccc(P(c2ccccc2)c2ccccc2)cc1.c1ccc(P(c2ccccc2)c2ccccc2)cc1. The minimum absolute atomic E-state index is 0. The molecule has 0 fully saturated rings. The number of carbonyl (C=O) groups excluding carboxylic acids is 1. The molecule has 0 amide bonds. The summed E-state index contributed by atoms with van der Waals surface area (Å²) in [7, 11) is -0.892. The van der Waals surface area contributed by atoms with Gasteiger partial charge in [0.1, 0.15) is 0 Å². The molecule has 0 N–H and O–H groups in total. The molecule has 212 valence electrons. The molecule has 5 heteroatoms. The Kier molecular flexibility index (Phi) is 16.5. The number of benzene rings is 6. The Morgan fingerprint density at radius 2 is 0.405 bits per heavy atom. The molecular formula is C37H31ClIrOP2-. The molecular weight excluding hydrogens is 750 g/mol. The van der Waals surface area contributed by atoms with E-state index in [9.17, 15) is 0 Å². The molecule has 0 saturated heterocycles. The molecule has 0 bridgehead atoms. The van der Waals surface area contributed by atoms with E-state index in [-0.39, 0.29) is 32.5 Å². The Labute approximate surface area is 272 Å². The van der Waals surface area contributed by atoms with Gasteiger partial charge in [-0.1, -0.05) is 182 Å². The van der Waals surface area contributed by atoms with Gasteiger partial charge in [0.05, 0.1) is 0 Å². The molecule has 0 atom stereocenters. The van der Waals surface area contributed by atoms with Crippen molar-refractivity contribution in [1.29, 1.82) is 0 Å². The monoisotopic (exact) mass is 781 g/mol. The first-order valence-corrected chi connectivity index (χ1v) is 15.7. The van der Waals surface area contributed by atoms with Crippen LogP contribution in [-0.4, -0.2) is 6.79 Å². The van der Waals surface area contributed by atoms with Crippen molar-refractivity contribution in [3.63, 3.8) is 0 Å². The molecule has 0 saturated carbocycles. The first-order chi connectivity index (χ1) is 19.9. The largest absolute Gasteiger partial charge is 0.573 e. The van der Waals surface area contributed by atoms with Gasteiger partial charge in [-0.25, -0.2) is 0 Å². The van der Waals surface area contributed by atoms with Gasteiger partial charge >= 0.3 is 0 Å². The van der Waals surface area contributed by atoms with E-state index in [4.69, 9.17) is 4.79 Å². The van der Waals surface area contributed by atoms with Gasteiger partial charge in [0.15, 0.2) is 0 Å². The predicted molar refractivity (Wildman–Crippen MR) is 183 cm³/mol. The molecule has 0 unspecified atom stereocenters. The third kappa shape index (κ3) is 9.96. The van der Waals surface area contributed by atoms with Crippen LogP contribution in [0.2, 0.25) is 0 Å². The molecule has 6 rings (SSSR count). The van der Waals surface area contributed by atoms with Gasteiger partial charge < -0.3 is 11.6 Å². The molecule has 0 spiro atoms. The van der Waals surface area contributed by atoms with Crippen LogP contribution in [0.4, 0.5) is 0 Å².